The van der Waals surface area contributed by atoms with Gasteiger partial charge in [-0.15, -0.1) is 11.8 Å². The number of amides is 1. The maximum atomic E-state index is 13.8. The number of anilines is 1. The van der Waals surface area contributed by atoms with E-state index < -0.39 is 0 Å². The predicted octanol–water partition coefficient (Wildman–Crippen LogP) is 7.72. The van der Waals surface area contributed by atoms with E-state index in [9.17, 15) is 13.6 Å². The van der Waals surface area contributed by atoms with Crippen LogP contribution in [0, 0.1) is 11.6 Å². The van der Waals surface area contributed by atoms with Crippen molar-refractivity contribution < 1.29 is 18.3 Å². The van der Waals surface area contributed by atoms with E-state index in [-0.39, 0.29) is 24.0 Å². The second kappa shape index (κ2) is 11.0. The first-order valence-corrected chi connectivity index (χ1v) is 11.8. The van der Waals surface area contributed by atoms with Gasteiger partial charge in [-0.05, 0) is 77.5 Å². The van der Waals surface area contributed by atoms with Crippen molar-refractivity contribution in [2.45, 2.75) is 18.2 Å². The van der Waals surface area contributed by atoms with E-state index in [0.29, 0.717) is 28.3 Å². The summed E-state index contributed by atoms with van der Waals surface area (Å²) in [6, 6.07) is 24.9. The number of ether oxygens (including phenoxy) is 1. The van der Waals surface area contributed by atoms with Crippen molar-refractivity contribution in [3.63, 3.8) is 0 Å². The molecule has 0 bridgehead atoms. The first-order chi connectivity index (χ1) is 16.5. The summed E-state index contributed by atoms with van der Waals surface area (Å²) in [4.78, 5) is 13.8. The van der Waals surface area contributed by atoms with Gasteiger partial charge < -0.3 is 10.1 Å². The zero-order valence-corrected chi connectivity index (χ0v) is 19.4. The third-order valence-electron chi connectivity index (χ3n) is 5.04. The van der Waals surface area contributed by atoms with Crippen LogP contribution in [0.1, 0.15) is 12.5 Å². The van der Waals surface area contributed by atoms with Gasteiger partial charge in [-0.25, -0.2) is 8.78 Å². The van der Waals surface area contributed by atoms with Crippen LogP contribution in [-0.4, -0.2) is 11.7 Å². The number of benzene rings is 4. The molecule has 0 heterocycles. The molecule has 4 rings (SSSR count). The van der Waals surface area contributed by atoms with Crippen LogP contribution in [0.3, 0.4) is 0 Å². The Hall–Kier alpha value is -3.64. The second-order valence-corrected chi connectivity index (χ2v) is 8.92. The lowest BCUT2D eigenvalue weighted by Crippen LogP contribution is -2.14. The Balaban J connectivity index is 1.56. The largest absolute Gasteiger partial charge is 0.457 e. The molecular weight excluding hydrogens is 452 g/mol. The predicted molar refractivity (Wildman–Crippen MR) is 133 cm³/mol. The maximum absolute atomic E-state index is 13.8. The van der Waals surface area contributed by atoms with Crippen molar-refractivity contribution in [2.24, 2.45) is 0 Å². The normalized spacial score (nSPS) is 10.7. The second-order valence-electron chi connectivity index (χ2n) is 7.58. The van der Waals surface area contributed by atoms with E-state index in [1.165, 1.54) is 41.3 Å². The average Bonchev–Trinajstić information content (AvgIpc) is 2.82. The van der Waals surface area contributed by atoms with E-state index in [0.717, 1.165) is 11.3 Å². The minimum absolute atomic E-state index is 0.165. The first-order valence-electron chi connectivity index (χ1n) is 10.8. The van der Waals surface area contributed by atoms with E-state index in [2.05, 4.69) is 12.2 Å². The van der Waals surface area contributed by atoms with Crippen molar-refractivity contribution >= 4 is 23.4 Å². The van der Waals surface area contributed by atoms with E-state index in [1.54, 1.807) is 42.1 Å². The molecule has 0 aromatic heterocycles. The molecule has 0 aliphatic rings. The van der Waals surface area contributed by atoms with Crippen molar-refractivity contribution in [3.05, 3.63) is 108 Å². The number of carbonyl (C=O) groups excluding carboxylic acids is 1. The van der Waals surface area contributed by atoms with Gasteiger partial charge in [0.1, 0.15) is 23.1 Å². The van der Waals surface area contributed by atoms with Gasteiger partial charge in [0, 0.05) is 22.2 Å². The average molecular weight is 476 g/mol. The standard InChI is InChI=1S/C28H23F2NO2S/c1-2-34-25-13-6-19(7-14-25)16-28(32)31-23-10-15-26(20-4-3-5-22(30)17-20)27(18-23)33-24-11-8-21(29)9-12-24/h3-15,17-18H,2,16H2,1H3,(H,31,32). The third kappa shape index (κ3) is 6.23. The minimum atomic E-state index is -0.375. The topological polar surface area (TPSA) is 38.3 Å². The summed E-state index contributed by atoms with van der Waals surface area (Å²) in [6.07, 6.45) is 0.233. The Morgan fingerprint density at radius 2 is 1.65 bits per heavy atom. The third-order valence-corrected chi connectivity index (χ3v) is 5.94. The Labute approximate surface area is 201 Å². The van der Waals surface area contributed by atoms with Gasteiger partial charge in [-0.2, -0.15) is 0 Å². The van der Waals surface area contributed by atoms with Crippen LogP contribution < -0.4 is 10.1 Å². The molecule has 0 unspecified atom stereocenters. The summed E-state index contributed by atoms with van der Waals surface area (Å²) < 4.78 is 33.1. The highest BCUT2D eigenvalue weighted by atomic mass is 32.2. The molecular formula is C28H23F2NO2S. The number of thioether (sulfide) groups is 1. The molecule has 1 N–H and O–H groups in total. The molecule has 3 nitrogen and oxygen atoms in total. The SMILES string of the molecule is CCSc1ccc(CC(=O)Nc2ccc(-c3cccc(F)c3)c(Oc3ccc(F)cc3)c2)cc1. The molecule has 6 heteroatoms. The summed E-state index contributed by atoms with van der Waals surface area (Å²) in [6.45, 7) is 2.10. The summed E-state index contributed by atoms with van der Waals surface area (Å²) in [5, 5.41) is 2.90. The maximum Gasteiger partial charge on any atom is 0.228 e. The van der Waals surface area contributed by atoms with Gasteiger partial charge >= 0.3 is 0 Å². The van der Waals surface area contributed by atoms with Gasteiger partial charge in [0.25, 0.3) is 0 Å². The van der Waals surface area contributed by atoms with Gasteiger partial charge in [-0.3, -0.25) is 4.79 Å². The number of carbonyl (C=O) groups is 1. The van der Waals surface area contributed by atoms with E-state index in [1.807, 2.05) is 24.3 Å². The van der Waals surface area contributed by atoms with Gasteiger partial charge in [0.2, 0.25) is 5.91 Å². The Bertz CT molecular complexity index is 1270. The highest BCUT2D eigenvalue weighted by Crippen LogP contribution is 2.36. The molecule has 0 radical (unpaired) electrons. The number of halogens is 2. The number of hydrogen-bond acceptors (Lipinski definition) is 3. The monoisotopic (exact) mass is 475 g/mol. The summed E-state index contributed by atoms with van der Waals surface area (Å²) in [5.41, 5.74) is 2.73. The number of rotatable bonds is 8. The molecule has 0 saturated carbocycles. The van der Waals surface area contributed by atoms with Crippen LogP contribution in [0.5, 0.6) is 11.5 Å². The van der Waals surface area contributed by atoms with Crippen LogP contribution in [0.4, 0.5) is 14.5 Å². The molecule has 0 saturated heterocycles. The molecule has 172 valence electrons. The quantitative estimate of drug-likeness (QED) is 0.265. The van der Waals surface area contributed by atoms with E-state index in [4.69, 9.17) is 4.74 Å². The molecule has 34 heavy (non-hydrogen) atoms. The van der Waals surface area contributed by atoms with Crippen molar-refractivity contribution in [3.8, 4) is 22.6 Å². The lowest BCUT2D eigenvalue weighted by Gasteiger charge is -2.14. The van der Waals surface area contributed by atoms with E-state index >= 15 is 0 Å². The molecule has 4 aromatic carbocycles. The molecule has 0 spiro atoms. The summed E-state index contributed by atoms with van der Waals surface area (Å²) in [7, 11) is 0. The van der Waals surface area contributed by atoms with Crippen LogP contribution in [-0.2, 0) is 11.2 Å². The Kier molecular flexibility index (Phi) is 7.60. The van der Waals surface area contributed by atoms with Gasteiger partial charge in [-0.1, -0.05) is 31.2 Å². The highest BCUT2D eigenvalue weighted by molar-refractivity contribution is 7.99. The molecule has 0 aliphatic heterocycles. The minimum Gasteiger partial charge on any atom is -0.457 e. The zero-order valence-electron chi connectivity index (χ0n) is 18.6. The summed E-state index contributed by atoms with van der Waals surface area (Å²) >= 11 is 1.75. The van der Waals surface area contributed by atoms with Crippen LogP contribution in [0.15, 0.2) is 95.9 Å². The molecule has 4 aromatic rings. The fraction of sp³-hybridized carbons (Fsp3) is 0.107. The highest BCUT2D eigenvalue weighted by Gasteiger charge is 2.12. The van der Waals surface area contributed by atoms with Crippen LogP contribution in [0.25, 0.3) is 11.1 Å². The first kappa shape index (κ1) is 23.5. The fourth-order valence-corrected chi connectivity index (χ4v) is 4.13. The van der Waals surface area contributed by atoms with Crippen molar-refractivity contribution in [1.29, 1.82) is 0 Å². The Morgan fingerprint density at radius 3 is 2.35 bits per heavy atom. The smallest absolute Gasteiger partial charge is 0.228 e. The van der Waals surface area contributed by atoms with Gasteiger partial charge in [0.05, 0.1) is 6.42 Å². The molecule has 0 aliphatic carbocycles. The number of nitrogens with one attached hydrogen (secondary N) is 1. The van der Waals surface area contributed by atoms with Crippen LogP contribution in [0.2, 0.25) is 0 Å². The molecule has 0 atom stereocenters. The molecule has 1 amide bonds. The van der Waals surface area contributed by atoms with Crippen molar-refractivity contribution in [2.75, 3.05) is 11.1 Å². The lowest BCUT2D eigenvalue weighted by molar-refractivity contribution is -0.115. The fourth-order valence-electron chi connectivity index (χ4n) is 3.47. The molecule has 0 fully saturated rings. The van der Waals surface area contributed by atoms with Gasteiger partial charge in [0.15, 0.2) is 0 Å². The zero-order chi connectivity index (χ0) is 23.9. The lowest BCUT2D eigenvalue weighted by atomic mass is 10.0. The Morgan fingerprint density at radius 1 is 0.882 bits per heavy atom. The summed E-state index contributed by atoms with van der Waals surface area (Å²) in [5.74, 6) is 0.921. The van der Waals surface area contributed by atoms with Crippen LogP contribution >= 0.6 is 11.8 Å². The van der Waals surface area contributed by atoms with Crippen molar-refractivity contribution in [1.82, 2.24) is 0 Å². The number of hydrogen-bond donors (Lipinski definition) is 1.